The van der Waals surface area contributed by atoms with Crippen molar-refractivity contribution in [1.82, 2.24) is 10.3 Å². The lowest BCUT2D eigenvalue weighted by Gasteiger charge is -2.19. The summed E-state index contributed by atoms with van der Waals surface area (Å²) in [6.45, 7) is 11.2. The molecule has 1 aromatic carbocycles. The van der Waals surface area contributed by atoms with Gasteiger partial charge in [-0.05, 0) is 59.7 Å². The number of halogens is 1. The number of carbonyl (C=O) groups excluding carboxylic acids is 2. The lowest BCUT2D eigenvalue weighted by atomic mass is 10.2. The van der Waals surface area contributed by atoms with Crippen molar-refractivity contribution < 1.29 is 19.1 Å². The first-order chi connectivity index (χ1) is 13.3. The number of aromatic nitrogens is 1. The van der Waals surface area contributed by atoms with Crippen molar-refractivity contribution in [3.8, 4) is 0 Å². The number of amides is 1. The van der Waals surface area contributed by atoms with Gasteiger partial charge in [0.1, 0.15) is 16.2 Å². The molecule has 1 N–H and O–H groups in total. The third kappa shape index (κ3) is 8.76. The summed E-state index contributed by atoms with van der Waals surface area (Å²) in [5.41, 5.74) is -0.617. The molecule has 0 aliphatic carbocycles. The molecule has 1 amide bonds. The minimum Gasteiger partial charge on any atom is -0.456 e. The van der Waals surface area contributed by atoms with Crippen LogP contribution < -0.4 is 5.32 Å². The number of ether oxygens (including phenoxy) is 2. The van der Waals surface area contributed by atoms with Crippen molar-refractivity contribution in [2.75, 3.05) is 0 Å². The van der Waals surface area contributed by atoms with Crippen molar-refractivity contribution in [2.45, 2.75) is 68.4 Å². The zero-order valence-corrected chi connectivity index (χ0v) is 20.5. The van der Waals surface area contributed by atoms with E-state index in [0.717, 1.165) is 18.6 Å². The van der Waals surface area contributed by atoms with Crippen molar-refractivity contribution in [2.24, 2.45) is 0 Å². The van der Waals surface area contributed by atoms with E-state index < -0.39 is 17.3 Å². The van der Waals surface area contributed by atoms with Gasteiger partial charge in [-0.3, -0.25) is 0 Å². The highest BCUT2D eigenvalue weighted by atomic mass is 79.9. The van der Waals surface area contributed by atoms with E-state index >= 15 is 0 Å². The SMILES string of the molecule is CC(C)(C)OC(=O)NCc1ncc(Sc2cc(Br)cc(C(=O)OC(C)(C)C)c2)s1. The number of carbonyl (C=O) groups is 2. The van der Waals surface area contributed by atoms with E-state index in [1.807, 2.05) is 47.6 Å². The molecular weight excluding hydrogens is 476 g/mol. The molecule has 0 bridgehead atoms. The maximum absolute atomic E-state index is 12.4. The first kappa shape index (κ1) is 23.7. The highest BCUT2D eigenvalue weighted by Crippen LogP contribution is 2.34. The molecular formula is C20H25BrN2O4S2. The maximum atomic E-state index is 12.4. The van der Waals surface area contributed by atoms with Gasteiger partial charge in [0.05, 0.1) is 22.5 Å². The van der Waals surface area contributed by atoms with Gasteiger partial charge < -0.3 is 14.8 Å². The summed E-state index contributed by atoms with van der Waals surface area (Å²) in [6, 6.07) is 5.46. The third-order valence-electron chi connectivity index (χ3n) is 3.04. The molecule has 0 fully saturated rings. The summed E-state index contributed by atoms with van der Waals surface area (Å²) in [5, 5.41) is 3.46. The normalized spacial score (nSPS) is 11.8. The number of thiazole rings is 1. The van der Waals surface area contributed by atoms with E-state index in [9.17, 15) is 9.59 Å². The summed E-state index contributed by atoms with van der Waals surface area (Å²) in [5.74, 6) is -0.368. The van der Waals surface area contributed by atoms with Crippen molar-refractivity contribution in [3.05, 3.63) is 39.4 Å². The summed E-state index contributed by atoms with van der Waals surface area (Å²) in [4.78, 5) is 29.3. The van der Waals surface area contributed by atoms with Crippen LogP contribution in [0.25, 0.3) is 0 Å². The van der Waals surface area contributed by atoms with Crippen molar-refractivity contribution >= 4 is 51.1 Å². The number of nitrogens with zero attached hydrogens (tertiary/aromatic N) is 1. The number of rotatable bonds is 5. The van der Waals surface area contributed by atoms with Gasteiger partial charge in [-0.15, -0.1) is 11.3 Å². The highest BCUT2D eigenvalue weighted by molar-refractivity contribution is 9.10. The Morgan fingerprint density at radius 3 is 2.38 bits per heavy atom. The Hall–Kier alpha value is -1.58. The molecule has 6 nitrogen and oxygen atoms in total. The largest absolute Gasteiger partial charge is 0.456 e. The third-order valence-corrected chi connectivity index (χ3v) is 5.57. The van der Waals surface area contributed by atoms with Gasteiger partial charge in [0.25, 0.3) is 0 Å². The molecule has 0 saturated carbocycles. The van der Waals surface area contributed by atoms with Crippen LogP contribution >= 0.6 is 39.0 Å². The Morgan fingerprint density at radius 1 is 1.10 bits per heavy atom. The first-order valence-corrected chi connectivity index (χ1v) is 11.4. The Balaban J connectivity index is 2.02. The van der Waals surface area contributed by atoms with Crippen LogP contribution in [0.5, 0.6) is 0 Å². The molecule has 0 unspecified atom stereocenters. The number of hydrogen-bond donors (Lipinski definition) is 1. The summed E-state index contributed by atoms with van der Waals surface area (Å²) >= 11 is 6.41. The van der Waals surface area contributed by atoms with Crippen LogP contribution in [0.1, 0.15) is 56.9 Å². The molecule has 1 aromatic heterocycles. The van der Waals surface area contributed by atoms with Gasteiger partial charge in [0.2, 0.25) is 0 Å². The highest BCUT2D eigenvalue weighted by Gasteiger charge is 2.19. The Labute approximate surface area is 187 Å². The lowest BCUT2D eigenvalue weighted by molar-refractivity contribution is 0.00688. The number of benzene rings is 1. The average molecular weight is 501 g/mol. The molecule has 9 heteroatoms. The van der Waals surface area contributed by atoms with E-state index in [2.05, 4.69) is 26.2 Å². The van der Waals surface area contributed by atoms with Crippen LogP contribution in [0.2, 0.25) is 0 Å². The van der Waals surface area contributed by atoms with Crippen LogP contribution in [0, 0.1) is 0 Å². The van der Waals surface area contributed by atoms with Crippen LogP contribution in [0.4, 0.5) is 4.79 Å². The number of nitrogens with one attached hydrogen (secondary N) is 1. The minimum atomic E-state index is -0.555. The van der Waals surface area contributed by atoms with E-state index in [4.69, 9.17) is 9.47 Å². The van der Waals surface area contributed by atoms with E-state index in [-0.39, 0.29) is 5.97 Å². The summed E-state index contributed by atoms with van der Waals surface area (Å²) in [7, 11) is 0. The fourth-order valence-electron chi connectivity index (χ4n) is 2.08. The Bertz CT molecular complexity index is 885. The number of hydrogen-bond acceptors (Lipinski definition) is 7. The summed E-state index contributed by atoms with van der Waals surface area (Å²) < 4.78 is 12.4. The molecule has 2 rings (SSSR count). The van der Waals surface area contributed by atoms with E-state index in [1.54, 1.807) is 18.3 Å². The first-order valence-electron chi connectivity index (χ1n) is 8.94. The second-order valence-electron chi connectivity index (χ2n) is 8.21. The Morgan fingerprint density at radius 2 is 1.76 bits per heavy atom. The van der Waals surface area contributed by atoms with Gasteiger partial charge >= 0.3 is 12.1 Å². The molecule has 0 spiro atoms. The van der Waals surface area contributed by atoms with Crippen LogP contribution in [-0.4, -0.2) is 28.2 Å². The topological polar surface area (TPSA) is 77.5 Å². The second kappa shape index (κ2) is 9.49. The molecule has 158 valence electrons. The average Bonchev–Trinajstić information content (AvgIpc) is 2.96. The number of esters is 1. The van der Waals surface area contributed by atoms with Crippen molar-refractivity contribution in [1.29, 1.82) is 0 Å². The predicted molar refractivity (Wildman–Crippen MR) is 119 cm³/mol. The number of alkyl carbamates (subject to hydrolysis) is 1. The maximum Gasteiger partial charge on any atom is 0.408 e. The molecule has 1 heterocycles. The zero-order chi connectivity index (χ0) is 21.8. The molecule has 2 aromatic rings. The van der Waals surface area contributed by atoms with Gasteiger partial charge in [0.15, 0.2) is 0 Å². The fourth-order valence-corrected chi connectivity index (χ4v) is 4.76. The molecule has 29 heavy (non-hydrogen) atoms. The predicted octanol–water partition coefficient (Wildman–Crippen LogP) is 6.04. The molecule has 0 aliphatic heterocycles. The second-order valence-corrected chi connectivity index (χ2v) is 11.6. The summed E-state index contributed by atoms with van der Waals surface area (Å²) in [6.07, 6.45) is 1.27. The smallest absolute Gasteiger partial charge is 0.408 e. The lowest BCUT2D eigenvalue weighted by Crippen LogP contribution is -2.32. The molecule has 0 aliphatic rings. The van der Waals surface area contributed by atoms with Crippen LogP contribution in [0.3, 0.4) is 0 Å². The standard InChI is InChI=1S/C20H25BrN2O4S2/c1-19(2,3)26-17(24)12-7-13(21)9-14(8-12)28-16-11-22-15(29-16)10-23-18(25)27-20(4,5)6/h7-9,11H,10H2,1-6H3,(H,23,25). The van der Waals surface area contributed by atoms with Crippen LogP contribution in [0.15, 0.2) is 38.0 Å². The van der Waals surface area contributed by atoms with Gasteiger partial charge in [-0.1, -0.05) is 27.7 Å². The van der Waals surface area contributed by atoms with Gasteiger partial charge in [0, 0.05) is 9.37 Å². The molecule has 0 atom stereocenters. The molecule has 0 radical (unpaired) electrons. The minimum absolute atomic E-state index is 0.293. The van der Waals surface area contributed by atoms with Gasteiger partial charge in [-0.2, -0.15) is 0 Å². The Kier molecular flexibility index (Phi) is 7.75. The molecule has 0 saturated heterocycles. The van der Waals surface area contributed by atoms with Crippen LogP contribution in [-0.2, 0) is 16.0 Å². The van der Waals surface area contributed by atoms with E-state index in [1.165, 1.54) is 23.1 Å². The monoisotopic (exact) mass is 500 g/mol. The zero-order valence-electron chi connectivity index (χ0n) is 17.3. The van der Waals surface area contributed by atoms with E-state index in [0.29, 0.717) is 12.1 Å². The van der Waals surface area contributed by atoms with Gasteiger partial charge in [-0.25, -0.2) is 14.6 Å². The quantitative estimate of drug-likeness (QED) is 0.504. The fraction of sp³-hybridized carbons (Fsp3) is 0.450. The van der Waals surface area contributed by atoms with Crippen molar-refractivity contribution in [3.63, 3.8) is 0 Å².